The molecule has 0 aliphatic carbocycles. The van der Waals surface area contributed by atoms with Gasteiger partial charge in [-0.3, -0.25) is 0 Å². The summed E-state index contributed by atoms with van der Waals surface area (Å²) in [4.78, 5) is 0. The zero-order valence-corrected chi connectivity index (χ0v) is 13.2. The molecule has 23 heavy (non-hydrogen) atoms. The van der Waals surface area contributed by atoms with Crippen molar-refractivity contribution in [2.75, 3.05) is 0 Å². The van der Waals surface area contributed by atoms with Crippen LogP contribution >= 0.6 is 0 Å². The summed E-state index contributed by atoms with van der Waals surface area (Å²) in [6, 6.07) is 32.5. The van der Waals surface area contributed by atoms with Gasteiger partial charge in [-0.1, -0.05) is 91.0 Å². The third kappa shape index (κ3) is 2.53. The molecule has 0 heterocycles. The van der Waals surface area contributed by atoms with Crippen molar-refractivity contribution in [2.24, 2.45) is 0 Å². The van der Waals surface area contributed by atoms with Gasteiger partial charge in [-0.15, -0.1) is 0 Å². The second-order valence-electron chi connectivity index (χ2n) is 5.92. The van der Waals surface area contributed by atoms with Crippen LogP contribution in [0.3, 0.4) is 0 Å². The minimum absolute atomic E-state index is 1.26. The molecule has 0 bridgehead atoms. The summed E-state index contributed by atoms with van der Waals surface area (Å²) in [5.41, 5.74) is 6.44. The molecular formula is C23H18. The van der Waals surface area contributed by atoms with E-state index < -0.39 is 0 Å². The Hall–Kier alpha value is -2.86. The quantitative estimate of drug-likeness (QED) is 0.397. The molecule has 0 radical (unpaired) electrons. The molecule has 0 aliphatic rings. The van der Waals surface area contributed by atoms with Gasteiger partial charge in [-0.25, -0.2) is 0 Å². The van der Waals surface area contributed by atoms with Crippen LogP contribution in [0.15, 0.2) is 91.0 Å². The van der Waals surface area contributed by atoms with Gasteiger partial charge in [0.05, 0.1) is 0 Å². The third-order valence-corrected chi connectivity index (χ3v) is 4.44. The lowest BCUT2D eigenvalue weighted by Crippen LogP contribution is -1.84. The van der Waals surface area contributed by atoms with Crippen LogP contribution in [0.2, 0.25) is 0 Å². The largest absolute Gasteiger partial charge is 0.0620 e. The highest BCUT2D eigenvalue weighted by Crippen LogP contribution is 2.31. The number of hydrogen-bond acceptors (Lipinski definition) is 0. The van der Waals surface area contributed by atoms with Gasteiger partial charge < -0.3 is 0 Å². The van der Waals surface area contributed by atoms with Crippen LogP contribution in [0.4, 0.5) is 0 Å². The third-order valence-electron chi connectivity index (χ3n) is 4.44. The van der Waals surface area contributed by atoms with Gasteiger partial charge >= 0.3 is 0 Å². The highest BCUT2D eigenvalue weighted by Gasteiger charge is 2.05. The molecule has 0 saturated heterocycles. The number of rotatable bonds is 2. The molecule has 4 aromatic rings. The summed E-state index contributed by atoms with van der Waals surface area (Å²) in [5.74, 6) is 0. The molecule has 0 aliphatic heterocycles. The van der Waals surface area contributed by atoms with E-state index in [-0.39, 0.29) is 0 Å². The maximum absolute atomic E-state index is 2.23. The number of benzene rings is 4. The summed E-state index contributed by atoms with van der Waals surface area (Å²) in [6.45, 7) is 2.16. The monoisotopic (exact) mass is 294 g/mol. The summed E-state index contributed by atoms with van der Waals surface area (Å²) in [7, 11) is 0. The van der Waals surface area contributed by atoms with Crippen molar-refractivity contribution >= 4 is 10.8 Å². The van der Waals surface area contributed by atoms with Gasteiger partial charge in [0.25, 0.3) is 0 Å². The Labute approximate surface area is 137 Å². The zero-order chi connectivity index (χ0) is 15.6. The van der Waals surface area contributed by atoms with Crippen LogP contribution in [-0.2, 0) is 0 Å². The standard InChI is InChI=1S/C23H18/c1-17-7-2-4-10-21(17)19-13-15-20(16-14-19)23-12-6-9-18-8-3-5-11-22(18)23/h2-16H,1H3. The first-order chi connectivity index (χ1) is 11.3. The van der Waals surface area contributed by atoms with Gasteiger partial charge in [0.1, 0.15) is 0 Å². The second-order valence-corrected chi connectivity index (χ2v) is 5.92. The van der Waals surface area contributed by atoms with E-state index in [2.05, 4.69) is 97.9 Å². The molecule has 0 spiro atoms. The Bertz CT molecular complexity index is 957. The first-order valence-electron chi connectivity index (χ1n) is 7.97. The fourth-order valence-electron chi connectivity index (χ4n) is 3.20. The maximum Gasteiger partial charge on any atom is -0.0105 e. The van der Waals surface area contributed by atoms with Crippen LogP contribution in [0.25, 0.3) is 33.0 Å². The van der Waals surface area contributed by atoms with E-state index in [0.29, 0.717) is 0 Å². The molecule has 0 heteroatoms. The second kappa shape index (κ2) is 5.73. The molecule has 0 aromatic heterocycles. The average molecular weight is 294 g/mol. The first-order valence-corrected chi connectivity index (χ1v) is 7.97. The molecule has 0 fully saturated rings. The minimum atomic E-state index is 1.26. The van der Waals surface area contributed by atoms with E-state index in [4.69, 9.17) is 0 Å². The van der Waals surface area contributed by atoms with Crippen molar-refractivity contribution in [3.05, 3.63) is 96.6 Å². The van der Waals surface area contributed by atoms with E-state index in [1.54, 1.807) is 0 Å². The summed E-state index contributed by atoms with van der Waals surface area (Å²) in [6.07, 6.45) is 0. The molecule has 110 valence electrons. The minimum Gasteiger partial charge on any atom is -0.0620 e. The molecule has 0 nitrogen and oxygen atoms in total. The van der Waals surface area contributed by atoms with Gasteiger partial charge in [0, 0.05) is 0 Å². The van der Waals surface area contributed by atoms with Crippen LogP contribution in [0, 0.1) is 6.92 Å². The van der Waals surface area contributed by atoms with Crippen molar-refractivity contribution in [3.63, 3.8) is 0 Å². The summed E-state index contributed by atoms with van der Waals surface area (Å²) >= 11 is 0. The topological polar surface area (TPSA) is 0 Å². The molecule has 0 saturated carbocycles. The van der Waals surface area contributed by atoms with Gasteiger partial charge in [0.2, 0.25) is 0 Å². The highest BCUT2D eigenvalue weighted by molar-refractivity contribution is 5.96. The molecule has 0 amide bonds. The smallest absolute Gasteiger partial charge is 0.0105 e. The Morgan fingerprint density at radius 2 is 1.04 bits per heavy atom. The molecule has 0 unspecified atom stereocenters. The van der Waals surface area contributed by atoms with Gasteiger partial charge in [-0.05, 0) is 45.5 Å². The van der Waals surface area contributed by atoms with Crippen LogP contribution in [0.1, 0.15) is 5.56 Å². The van der Waals surface area contributed by atoms with Crippen molar-refractivity contribution in [1.82, 2.24) is 0 Å². The molecule has 4 rings (SSSR count). The lowest BCUT2D eigenvalue weighted by atomic mass is 9.95. The Balaban J connectivity index is 1.80. The number of fused-ring (bicyclic) bond motifs is 1. The zero-order valence-electron chi connectivity index (χ0n) is 13.2. The Morgan fingerprint density at radius 3 is 1.83 bits per heavy atom. The van der Waals surface area contributed by atoms with Gasteiger partial charge in [0.15, 0.2) is 0 Å². The summed E-state index contributed by atoms with van der Waals surface area (Å²) < 4.78 is 0. The van der Waals surface area contributed by atoms with E-state index in [9.17, 15) is 0 Å². The normalized spacial score (nSPS) is 10.8. The highest BCUT2D eigenvalue weighted by atomic mass is 14.1. The molecule has 4 aromatic carbocycles. The van der Waals surface area contributed by atoms with Crippen LogP contribution < -0.4 is 0 Å². The predicted molar refractivity (Wildman–Crippen MR) is 99.6 cm³/mol. The van der Waals surface area contributed by atoms with Crippen molar-refractivity contribution < 1.29 is 0 Å². The Morgan fingerprint density at radius 1 is 0.478 bits per heavy atom. The lowest BCUT2D eigenvalue weighted by molar-refractivity contribution is 1.46. The van der Waals surface area contributed by atoms with Crippen molar-refractivity contribution in [3.8, 4) is 22.3 Å². The number of hydrogen-bond donors (Lipinski definition) is 0. The maximum atomic E-state index is 2.23. The van der Waals surface area contributed by atoms with Gasteiger partial charge in [-0.2, -0.15) is 0 Å². The number of aryl methyl sites for hydroxylation is 1. The average Bonchev–Trinajstić information content (AvgIpc) is 2.62. The summed E-state index contributed by atoms with van der Waals surface area (Å²) in [5, 5.41) is 2.59. The Kier molecular flexibility index (Phi) is 3.44. The van der Waals surface area contributed by atoms with Crippen LogP contribution in [0.5, 0.6) is 0 Å². The van der Waals surface area contributed by atoms with Crippen molar-refractivity contribution in [1.29, 1.82) is 0 Å². The predicted octanol–water partition coefficient (Wildman–Crippen LogP) is 6.48. The van der Waals surface area contributed by atoms with E-state index >= 15 is 0 Å². The fraction of sp³-hybridized carbons (Fsp3) is 0.0435. The van der Waals surface area contributed by atoms with Crippen LogP contribution in [-0.4, -0.2) is 0 Å². The molecule has 0 N–H and O–H groups in total. The SMILES string of the molecule is Cc1ccccc1-c1ccc(-c2cccc3ccccc23)cc1. The molecule has 0 atom stereocenters. The fourth-order valence-corrected chi connectivity index (χ4v) is 3.20. The van der Waals surface area contributed by atoms with E-state index in [0.717, 1.165) is 0 Å². The van der Waals surface area contributed by atoms with E-state index in [1.165, 1.54) is 38.6 Å². The van der Waals surface area contributed by atoms with E-state index in [1.807, 2.05) is 0 Å². The van der Waals surface area contributed by atoms with Crippen molar-refractivity contribution in [2.45, 2.75) is 6.92 Å². The lowest BCUT2D eigenvalue weighted by Gasteiger charge is -2.09. The molecular weight excluding hydrogens is 276 g/mol. The first kappa shape index (κ1) is 13.8.